The van der Waals surface area contributed by atoms with Gasteiger partial charge in [0.1, 0.15) is 0 Å². The first-order valence-corrected chi connectivity index (χ1v) is 9.93. The van der Waals surface area contributed by atoms with E-state index < -0.39 is 16.0 Å². The van der Waals surface area contributed by atoms with Crippen LogP contribution < -0.4 is 9.62 Å². The first kappa shape index (κ1) is 18.4. The summed E-state index contributed by atoms with van der Waals surface area (Å²) >= 11 is 0. The summed E-state index contributed by atoms with van der Waals surface area (Å²) in [5, 5.41) is 0. The van der Waals surface area contributed by atoms with Gasteiger partial charge in [0.05, 0.1) is 17.6 Å². The molecule has 2 aromatic rings. The molecule has 1 N–H and O–H groups in total. The van der Waals surface area contributed by atoms with Crippen LogP contribution >= 0.6 is 0 Å². The van der Waals surface area contributed by atoms with Crippen LogP contribution in [-0.4, -0.2) is 40.6 Å². The zero-order valence-corrected chi connectivity index (χ0v) is 15.6. The van der Waals surface area contributed by atoms with Gasteiger partial charge in [-0.1, -0.05) is 24.3 Å². The number of para-hydroxylation sites is 1. The topological polar surface area (TPSA) is 75.7 Å². The third kappa shape index (κ3) is 3.73. The van der Waals surface area contributed by atoms with Crippen LogP contribution in [0.25, 0.3) is 0 Å². The molecule has 0 aromatic heterocycles. The normalized spacial score (nSPS) is 14.8. The average Bonchev–Trinajstić information content (AvgIpc) is 3.10. The van der Waals surface area contributed by atoms with Crippen molar-refractivity contribution >= 4 is 21.7 Å². The number of nitrogens with zero attached hydrogens (tertiary/aromatic N) is 1. The largest absolute Gasteiger partial charge is 0.465 e. The Kier molecular flexibility index (Phi) is 5.29. The molecule has 0 saturated carbocycles. The maximum Gasteiger partial charge on any atom is 0.337 e. The van der Waals surface area contributed by atoms with Gasteiger partial charge in [0.2, 0.25) is 10.0 Å². The number of rotatable bonds is 6. The number of ether oxygens (including phenoxy) is 1. The molecular formula is C19H22N2O4S. The zero-order valence-electron chi connectivity index (χ0n) is 14.8. The monoisotopic (exact) mass is 374 g/mol. The number of nitrogens with one attached hydrogen (secondary N) is 1. The highest BCUT2D eigenvalue weighted by molar-refractivity contribution is 7.89. The van der Waals surface area contributed by atoms with Gasteiger partial charge in [-0.2, -0.15) is 0 Å². The number of hydrogen-bond donors (Lipinski definition) is 1. The van der Waals surface area contributed by atoms with E-state index in [0.717, 1.165) is 18.7 Å². The molecule has 0 fully saturated rings. The molecule has 7 heteroatoms. The molecule has 1 heterocycles. The smallest absolute Gasteiger partial charge is 0.337 e. The van der Waals surface area contributed by atoms with E-state index in [-0.39, 0.29) is 23.0 Å². The molecule has 3 rings (SSSR count). The fraction of sp³-hybridized carbons (Fsp3) is 0.316. The molecule has 6 nitrogen and oxygen atoms in total. The van der Waals surface area contributed by atoms with Crippen molar-refractivity contribution in [2.45, 2.75) is 24.3 Å². The minimum absolute atomic E-state index is 0.0113. The number of methoxy groups -OCH3 is 1. The van der Waals surface area contributed by atoms with E-state index in [1.165, 1.54) is 36.9 Å². The van der Waals surface area contributed by atoms with Gasteiger partial charge in [-0.25, -0.2) is 17.9 Å². The lowest BCUT2D eigenvalue weighted by Crippen LogP contribution is -2.41. The molecule has 0 spiro atoms. The molecule has 138 valence electrons. The third-order valence-electron chi connectivity index (χ3n) is 4.59. The van der Waals surface area contributed by atoms with Crippen molar-refractivity contribution in [1.82, 2.24) is 4.72 Å². The summed E-state index contributed by atoms with van der Waals surface area (Å²) < 4.78 is 32.4. The van der Waals surface area contributed by atoms with Crippen molar-refractivity contribution in [1.29, 1.82) is 0 Å². The van der Waals surface area contributed by atoms with Crippen molar-refractivity contribution in [3.05, 3.63) is 59.7 Å². The summed E-state index contributed by atoms with van der Waals surface area (Å²) in [7, 11) is -2.45. The maximum atomic E-state index is 12.6. The predicted molar refractivity (Wildman–Crippen MR) is 99.9 cm³/mol. The lowest BCUT2D eigenvalue weighted by Gasteiger charge is -2.27. The van der Waals surface area contributed by atoms with Gasteiger partial charge in [-0.05, 0) is 43.2 Å². The molecule has 0 amide bonds. The molecule has 26 heavy (non-hydrogen) atoms. The summed E-state index contributed by atoms with van der Waals surface area (Å²) in [4.78, 5) is 13.9. The molecule has 1 atom stereocenters. The first-order chi connectivity index (χ1) is 12.4. The summed E-state index contributed by atoms with van der Waals surface area (Å²) in [6, 6.07) is 14.0. The molecule has 0 aliphatic carbocycles. The minimum Gasteiger partial charge on any atom is -0.465 e. The Morgan fingerprint density at radius 1 is 1.23 bits per heavy atom. The Morgan fingerprint density at radius 3 is 2.77 bits per heavy atom. The van der Waals surface area contributed by atoms with Crippen LogP contribution in [0.4, 0.5) is 5.69 Å². The first-order valence-electron chi connectivity index (χ1n) is 8.45. The van der Waals surface area contributed by atoms with Gasteiger partial charge in [-0.15, -0.1) is 0 Å². The van der Waals surface area contributed by atoms with E-state index in [9.17, 15) is 13.2 Å². The molecule has 0 bridgehead atoms. The van der Waals surface area contributed by atoms with Crippen molar-refractivity contribution in [2.75, 3.05) is 25.1 Å². The van der Waals surface area contributed by atoms with Crippen LogP contribution in [0.1, 0.15) is 22.8 Å². The van der Waals surface area contributed by atoms with Crippen molar-refractivity contribution in [3.8, 4) is 0 Å². The second-order valence-electron chi connectivity index (χ2n) is 6.29. The summed E-state index contributed by atoms with van der Waals surface area (Å²) in [6.07, 6.45) is 0.967. The summed E-state index contributed by atoms with van der Waals surface area (Å²) in [5.41, 5.74) is 2.65. The van der Waals surface area contributed by atoms with Gasteiger partial charge in [-0.3, -0.25) is 0 Å². The fourth-order valence-electron chi connectivity index (χ4n) is 3.15. The Hall–Kier alpha value is -2.38. The Balaban J connectivity index is 1.70. The number of benzene rings is 2. The Bertz CT molecular complexity index is 911. The van der Waals surface area contributed by atoms with Crippen molar-refractivity contribution in [3.63, 3.8) is 0 Å². The highest BCUT2D eigenvalue weighted by Crippen LogP contribution is 2.29. The fourth-order valence-corrected chi connectivity index (χ4v) is 4.32. The second-order valence-corrected chi connectivity index (χ2v) is 8.06. The maximum absolute atomic E-state index is 12.6. The number of carbonyl (C=O) groups is 1. The Labute approximate surface area is 153 Å². The van der Waals surface area contributed by atoms with Gasteiger partial charge in [0, 0.05) is 24.8 Å². The van der Waals surface area contributed by atoms with Gasteiger partial charge < -0.3 is 9.64 Å². The second kappa shape index (κ2) is 7.47. The van der Waals surface area contributed by atoms with E-state index >= 15 is 0 Å². The van der Waals surface area contributed by atoms with Crippen molar-refractivity contribution in [2.24, 2.45) is 0 Å². The van der Waals surface area contributed by atoms with Crippen LogP contribution in [0.15, 0.2) is 53.4 Å². The number of anilines is 1. The lowest BCUT2D eigenvalue weighted by molar-refractivity contribution is 0.0600. The molecule has 0 saturated heterocycles. The predicted octanol–water partition coefficient (Wildman–Crippen LogP) is 2.20. The van der Waals surface area contributed by atoms with Crippen molar-refractivity contribution < 1.29 is 17.9 Å². The number of hydrogen-bond acceptors (Lipinski definition) is 5. The number of fused-ring (bicyclic) bond motifs is 1. The highest BCUT2D eigenvalue weighted by Gasteiger charge is 2.24. The highest BCUT2D eigenvalue weighted by atomic mass is 32.2. The molecule has 1 aliphatic heterocycles. The number of esters is 1. The van der Waals surface area contributed by atoms with Gasteiger partial charge in [0.15, 0.2) is 0 Å². The Morgan fingerprint density at radius 2 is 2.00 bits per heavy atom. The lowest BCUT2D eigenvalue weighted by atomic mass is 10.2. The number of carbonyl (C=O) groups excluding carboxylic acids is 1. The molecule has 1 unspecified atom stereocenters. The van der Waals surface area contributed by atoms with E-state index in [1.807, 2.05) is 19.1 Å². The average molecular weight is 374 g/mol. The molecular weight excluding hydrogens is 352 g/mol. The van der Waals surface area contributed by atoms with Crippen LogP contribution in [-0.2, 0) is 21.2 Å². The molecule has 1 aliphatic rings. The SMILES string of the molecule is COC(=O)c1cccc(S(=O)(=O)NCC(C)N2CCc3ccccc32)c1. The van der Waals surface area contributed by atoms with Crippen LogP contribution in [0.3, 0.4) is 0 Å². The van der Waals surface area contributed by atoms with Crippen LogP contribution in [0, 0.1) is 0 Å². The van der Waals surface area contributed by atoms with E-state index in [1.54, 1.807) is 0 Å². The minimum atomic E-state index is -3.71. The van der Waals surface area contributed by atoms with Crippen LogP contribution in [0.2, 0.25) is 0 Å². The third-order valence-corrected chi connectivity index (χ3v) is 6.01. The zero-order chi connectivity index (χ0) is 18.7. The van der Waals surface area contributed by atoms with E-state index in [0.29, 0.717) is 0 Å². The molecule has 2 aromatic carbocycles. The molecule has 0 radical (unpaired) electrons. The summed E-state index contributed by atoms with van der Waals surface area (Å²) in [6.45, 7) is 3.15. The summed E-state index contributed by atoms with van der Waals surface area (Å²) in [5.74, 6) is -0.566. The standard InChI is InChI=1S/C19H22N2O4S/c1-14(21-11-10-15-6-3-4-9-18(15)21)13-20-26(23,24)17-8-5-7-16(12-17)19(22)25-2/h3-9,12,14,20H,10-11,13H2,1-2H3. The number of sulfonamides is 1. The van der Waals surface area contributed by atoms with E-state index in [4.69, 9.17) is 0 Å². The van der Waals surface area contributed by atoms with Gasteiger partial charge in [0.25, 0.3) is 0 Å². The van der Waals surface area contributed by atoms with E-state index in [2.05, 4.69) is 26.5 Å². The quantitative estimate of drug-likeness (QED) is 0.785. The van der Waals surface area contributed by atoms with Crippen LogP contribution in [0.5, 0.6) is 0 Å². The van der Waals surface area contributed by atoms with Gasteiger partial charge >= 0.3 is 5.97 Å².